The van der Waals surface area contributed by atoms with E-state index in [0.717, 1.165) is 0 Å². The van der Waals surface area contributed by atoms with Crippen LogP contribution in [0.3, 0.4) is 0 Å². The van der Waals surface area contributed by atoms with Gasteiger partial charge in [-0.2, -0.15) is 0 Å². The number of halogens is 2. The third-order valence-electron chi connectivity index (χ3n) is 4.48. The van der Waals surface area contributed by atoms with Crippen LogP contribution in [-0.4, -0.2) is 36.8 Å². The van der Waals surface area contributed by atoms with Crippen molar-refractivity contribution >= 4 is 33.4 Å². The van der Waals surface area contributed by atoms with Crippen molar-refractivity contribution in [1.29, 1.82) is 0 Å². The fraction of sp³-hybridized carbons (Fsp3) is 0.250. The maximum Gasteiger partial charge on any atom is 0.247 e. The highest BCUT2D eigenvalue weighted by Crippen LogP contribution is 2.22. The van der Waals surface area contributed by atoms with Crippen LogP contribution in [0.2, 0.25) is 5.02 Å². The van der Waals surface area contributed by atoms with Crippen LogP contribution in [0, 0.1) is 5.82 Å². The molecule has 1 atom stereocenters. The number of nitrogens with zero attached hydrogens (tertiary/aromatic N) is 1. The number of amides is 1. The molecule has 0 saturated carbocycles. The van der Waals surface area contributed by atoms with E-state index in [0.29, 0.717) is 22.6 Å². The molecular weight excluding hydrogens is 389 g/mol. The van der Waals surface area contributed by atoms with Crippen LogP contribution in [0.15, 0.2) is 54.6 Å². The molecule has 1 fully saturated rings. The molecule has 0 aliphatic carbocycles. The molecule has 0 spiro atoms. The molecule has 7 heteroatoms. The molecular formula is C20H19ClFNO3S. The summed E-state index contributed by atoms with van der Waals surface area (Å²) in [4.78, 5) is 14.3. The lowest BCUT2D eigenvalue weighted by atomic mass is 10.1. The van der Waals surface area contributed by atoms with Gasteiger partial charge in [-0.3, -0.25) is 4.79 Å². The standard InChI is InChI=1S/C20H19ClFNO3S/c21-19-7-2-1-5-16(19)8-9-20(24)23(18-10-11-27(25,26)14-18)13-15-4-3-6-17(22)12-15/h1-9,12,18H,10-11,13-14H2/b9-8+/t18-/m1/s1. The Bertz CT molecular complexity index is 975. The first-order chi connectivity index (χ1) is 12.8. The quantitative estimate of drug-likeness (QED) is 0.710. The number of hydrogen-bond acceptors (Lipinski definition) is 3. The topological polar surface area (TPSA) is 54.5 Å². The first-order valence-electron chi connectivity index (χ1n) is 8.52. The van der Waals surface area contributed by atoms with E-state index in [1.165, 1.54) is 23.1 Å². The summed E-state index contributed by atoms with van der Waals surface area (Å²) in [6, 6.07) is 12.6. The predicted octanol–water partition coefficient (Wildman–Crippen LogP) is 3.71. The zero-order valence-corrected chi connectivity index (χ0v) is 16.1. The van der Waals surface area contributed by atoms with Gasteiger partial charge in [0.1, 0.15) is 5.82 Å². The Morgan fingerprint density at radius 3 is 2.67 bits per heavy atom. The van der Waals surface area contributed by atoms with E-state index in [2.05, 4.69) is 0 Å². The van der Waals surface area contributed by atoms with E-state index in [1.807, 2.05) is 6.07 Å². The Morgan fingerprint density at radius 2 is 2.00 bits per heavy atom. The summed E-state index contributed by atoms with van der Waals surface area (Å²) in [5.74, 6) is -0.751. The van der Waals surface area contributed by atoms with Crippen LogP contribution >= 0.6 is 11.6 Å². The molecule has 1 aliphatic heterocycles. The first kappa shape index (κ1) is 19.6. The molecule has 1 saturated heterocycles. The molecule has 1 aliphatic rings. The molecule has 0 unspecified atom stereocenters. The number of benzene rings is 2. The van der Waals surface area contributed by atoms with Gasteiger partial charge in [0.15, 0.2) is 9.84 Å². The Balaban J connectivity index is 1.84. The molecule has 1 amide bonds. The van der Waals surface area contributed by atoms with E-state index in [-0.39, 0.29) is 24.0 Å². The Morgan fingerprint density at radius 1 is 1.22 bits per heavy atom. The van der Waals surface area contributed by atoms with Gasteiger partial charge in [0.05, 0.1) is 11.5 Å². The summed E-state index contributed by atoms with van der Waals surface area (Å²) in [7, 11) is -3.16. The molecule has 2 aromatic rings. The fourth-order valence-electron chi connectivity index (χ4n) is 3.11. The van der Waals surface area contributed by atoms with E-state index in [4.69, 9.17) is 11.6 Å². The van der Waals surface area contributed by atoms with Crippen LogP contribution < -0.4 is 0 Å². The maximum absolute atomic E-state index is 13.5. The van der Waals surface area contributed by atoms with Gasteiger partial charge >= 0.3 is 0 Å². The highest BCUT2D eigenvalue weighted by Gasteiger charge is 2.34. The van der Waals surface area contributed by atoms with Gasteiger partial charge in [-0.1, -0.05) is 41.9 Å². The molecule has 4 nitrogen and oxygen atoms in total. The monoisotopic (exact) mass is 407 g/mol. The average molecular weight is 408 g/mol. The minimum Gasteiger partial charge on any atom is -0.331 e. The molecule has 27 heavy (non-hydrogen) atoms. The van der Waals surface area contributed by atoms with Gasteiger partial charge in [-0.15, -0.1) is 0 Å². The molecule has 0 bridgehead atoms. The van der Waals surface area contributed by atoms with Gasteiger partial charge in [0.2, 0.25) is 5.91 Å². The second kappa shape index (κ2) is 8.23. The third-order valence-corrected chi connectivity index (χ3v) is 6.58. The fourth-order valence-corrected chi connectivity index (χ4v) is 5.04. The van der Waals surface area contributed by atoms with Crippen LogP contribution in [-0.2, 0) is 21.2 Å². The van der Waals surface area contributed by atoms with Gasteiger partial charge in [0, 0.05) is 23.7 Å². The predicted molar refractivity (Wildman–Crippen MR) is 104 cm³/mol. The van der Waals surface area contributed by atoms with Crippen molar-refractivity contribution in [1.82, 2.24) is 4.90 Å². The number of rotatable bonds is 5. The second-order valence-corrected chi connectivity index (χ2v) is 9.14. The minimum atomic E-state index is -3.16. The maximum atomic E-state index is 13.5. The molecule has 0 N–H and O–H groups in total. The van der Waals surface area contributed by atoms with Gasteiger partial charge < -0.3 is 4.90 Å². The number of sulfone groups is 1. The number of carbonyl (C=O) groups excluding carboxylic acids is 1. The first-order valence-corrected chi connectivity index (χ1v) is 10.7. The smallest absolute Gasteiger partial charge is 0.247 e. The lowest BCUT2D eigenvalue weighted by Gasteiger charge is -2.27. The Labute approximate surface area is 163 Å². The number of hydrogen-bond donors (Lipinski definition) is 0. The normalized spacial score (nSPS) is 18.7. The minimum absolute atomic E-state index is 0.0544. The average Bonchev–Trinajstić information content (AvgIpc) is 2.98. The summed E-state index contributed by atoms with van der Waals surface area (Å²) >= 11 is 6.10. The molecule has 0 aromatic heterocycles. The van der Waals surface area contributed by atoms with Crippen molar-refractivity contribution in [2.75, 3.05) is 11.5 Å². The van der Waals surface area contributed by atoms with Gasteiger partial charge in [0.25, 0.3) is 0 Å². The zero-order valence-electron chi connectivity index (χ0n) is 14.5. The lowest BCUT2D eigenvalue weighted by Crippen LogP contribution is -2.39. The second-order valence-electron chi connectivity index (χ2n) is 6.51. The van der Waals surface area contributed by atoms with Crippen LogP contribution in [0.5, 0.6) is 0 Å². The Kier molecular flexibility index (Phi) is 5.97. The molecule has 3 rings (SSSR count). The van der Waals surface area contributed by atoms with E-state index in [1.54, 1.807) is 36.4 Å². The van der Waals surface area contributed by atoms with Crippen molar-refractivity contribution in [2.45, 2.75) is 19.0 Å². The number of carbonyl (C=O) groups is 1. The van der Waals surface area contributed by atoms with Crippen LogP contribution in [0.1, 0.15) is 17.5 Å². The SMILES string of the molecule is O=C(/C=C/c1ccccc1Cl)N(Cc1cccc(F)c1)[C@@H]1CCS(=O)(=O)C1. The summed E-state index contributed by atoms with van der Waals surface area (Å²) in [6.07, 6.45) is 3.36. The van der Waals surface area contributed by atoms with Crippen molar-refractivity contribution < 1.29 is 17.6 Å². The lowest BCUT2D eigenvalue weighted by molar-refractivity contribution is -0.128. The van der Waals surface area contributed by atoms with Gasteiger partial charge in [-0.25, -0.2) is 12.8 Å². The molecule has 142 valence electrons. The van der Waals surface area contributed by atoms with Crippen molar-refractivity contribution in [3.63, 3.8) is 0 Å². The van der Waals surface area contributed by atoms with Crippen LogP contribution in [0.25, 0.3) is 6.08 Å². The third kappa shape index (κ3) is 5.17. The summed E-state index contributed by atoms with van der Waals surface area (Å²) < 4.78 is 37.2. The highest BCUT2D eigenvalue weighted by molar-refractivity contribution is 7.91. The van der Waals surface area contributed by atoms with Gasteiger partial charge in [-0.05, 0) is 41.8 Å². The molecule has 1 heterocycles. The Hall–Kier alpha value is -2.18. The highest BCUT2D eigenvalue weighted by atomic mass is 35.5. The van der Waals surface area contributed by atoms with Crippen LogP contribution in [0.4, 0.5) is 4.39 Å². The summed E-state index contributed by atoms with van der Waals surface area (Å²) in [5, 5.41) is 0.515. The van der Waals surface area contributed by atoms with E-state index < -0.39 is 21.7 Å². The van der Waals surface area contributed by atoms with E-state index in [9.17, 15) is 17.6 Å². The largest absolute Gasteiger partial charge is 0.331 e. The molecule has 2 aromatic carbocycles. The summed E-state index contributed by atoms with van der Waals surface area (Å²) in [5.41, 5.74) is 1.30. The van der Waals surface area contributed by atoms with Crippen molar-refractivity contribution in [2.24, 2.45) is 0 Å². The van der Waals surface area contributed by atoms with Crippen molar-refractivity contribution in [3.8, 4) is 0 Å². The zero-order chi connectivity index (χ0) is 19.4. The molecule has 0 radical (unpaired) electrons. The van der Waals surface area contributed by atoms with E-state index >= 15 is 0 Å². The van der Waals surface area contributed by atoms with Crippen molar-refractivity contribution in [3.05, 3.63) is 76.6 Å². The summed E-state index contributed by atoms with van der Waals surface area (Å²) in [6.45, 7) is 0.143.